The number of carbonyl (C=O) groups is 2. The Morgan fingerprint density at radius 3 is 2.39 bits per heavy atom. The summed E-state index contributed by atoms with van der Waals surface area (Å²) in [6.07, 6.45) is -0.751. The van der Waals surface area contributed by atoms with Gasteiger partial charge in [-0.2, -0.15) is 8.42 Å². The summed E-state index contributed by atoms with van der Waals surface area (Å²) in [7, 11) is -3.71. The molecule has 0 radical (unpaired) electrons. The molecule has 33 heavy (non-hydrogen) atoms. The SMILES string of the molecule is CC(C)(C)OC(=O)N1[C@H](CCNC(=O)OCc2ccccc2)[C@@H](COS(C)(=O)=O)OC1(C)C. The van der Waals surface area contributed by atoms with E-state index >= 15 is 0 Å². The zero-order chi connectivity index (χ0) is 24.9. The van der Waals surface area contributed by atoms with Gasteiger partial charge in [0, 0.05) is 6.54 Å². The lowest BCUT2D eigenvalue weighted by molar-refractivity contribution is -0.0845. The van der Waals surface area contributed by atoms with Gasteiger partial charge in [-0.3, -0.25) is 9.08 Å². The number of nitrogens with zero attached hydrogens (tertiary/aromatic N) is 1. The Morgan fingerprint density at radius 2 is 1.82 bits per heavy atom. The molecular formula is C22H34N2O8S. The van der Waals surface area contributed by atoms with Crippen molar-refractivity contribution in [3.8, 4) is 0 Å². The van der Waals surface area contributed by atoms with Crippen molar-refractivity contribution in [1.29, 1.82) is 0 Å². The van der Waals surface area contributed by atoms with Crippen molar-refractivity contribution in [3.63, 3.8) is 0 Å². The van der Waals surface area contributed by atoms with Crippen LogP contribution in [0.25, 0.3) is 0 Å². The molecule has 2 rings (SSSR count). The van der Waals surface area contributed by atoms with E-state index < -0.39 is 45.8 Å². The van der Waals surface area contributed by atoms with Crippen molar-refractivity contribution < 1.29 is 36.4 Å². The number of carbonyl (C=O) groups excluding carboxylic acids is 2. The number of hydrogen-bond donors (Lipinski definition) is 1. The molecule has 11 heteroatoms. The van der Waals surface area contributed by atoms with Crippen LogP contribution in [0, 0.1) is 0 Å². The summed E-state index contributed by atoms with van der Waals surface area (Å²) in [5.74, 6) is 0. The van der Waals surface area contributed by atoms with E-state index in [-0.39, 0.29) is 26.2 Å². The molecule has 1 aliphatic heterocycles. The molecule has 186 valence electrons. The highest BCUT2D eigenvalue weighted by Gasteiger charge is 2.51. The van der Waals surface area contributed by atoms with E-state index in [2.05, 4.69) is 5.32 Å². The Bertz CT molecular complexity index is 912. The minimum Gasteiger partial charge on any atom is -0.445 e. The van der Waals surface area contributed by atoms with Gasteiger partial charge in [-0.15, -0.1) is 0 Å². The van der Waals surface area contributed by atoms with E-state index in [4.69, 9.17) is 18.4 Å². The molecule has 1 saturated heterocycles. The Balaban J connectivity index is 2.05. The van der Waals surface area contributed by atoms with Gasteiger partial charge in [0.2, 0.25) is 0 Å². The Kier molecular flexibility index (Phi) is 8.72. The molecule has 0 aromatic heterocycles. The largest absolute Gasteiger partial charge is 0.445 e. The van der Waals surface area contributed by atoms with E-state index in [1.807, 2.05) is 30.3 Å². The van der Waals surface area contributed by atoms with Crippen molar-refractivity contribution >= 4 is 22.3 Å². The minimum atomic E-state index is -3.71. The fraction of sp³-hybridized carbons (Fsp3) is 0.636. The molecule has 0 saturated carbocycles. The second kappa shape index (κ2) is 10.7. The Labute approximate surface area is 195 Å². The van der Waals surface area contributed by atoms with E-state index in [0.717, 1.165) is 11.8 Å². The average molecular weight is 487 g/mol. The van der Waals surface area contributed by atoms with Crippen LogP contribution in [0.5, 0.6) is 0 Å². The number of ether oxygens (including phenoxy) is 3. The smallest absolute Gasteiger partial charge is 0.412 e. The normalized spacial score (nSPS) is 20.4. The van der Waals surface area contributed by atoms with Crippen LogP contribution in [0.3, 0.4) is 0 Å². The summed E-state index contributed by atoms with van der Waals surface area (Å²) in [6, 6.07) is 8.65. The fourth-order valence-electron chi connectivity index (χ4n) is 3.48. The molecule has 1 fully saturated rings. The molecule has 2 atom stereocenters. The molecule has 10 nitrogen and oxygen atoms in total. The van der Waals surface area contributed by atoms with Gasteiger partial charge in [0.05, 0.1) is 18.9 Å². The van der Waals surface area contributed by atoms with Crippen LogP contribution in [-0.2, 0) is 35.1 Å². The van der Waals surface area contributed by atoms with E-state index in [0.29, 0.717) is 0 Å². The predicted molar refractivity (Wildman–Crippen MR) is 121 cm³/mol. The standard InChI is InChI=1S/C22H34N2O8S/c1-21(2,3)32-20(26)24-17(18(31-22(24,4)5)15-30-33(6,27)28)12-13-23-19(25)29-14-16-10-8-7-9-11-16/h7-11,17-18H,12-15H2,1-6H3,(H,23,25)/t17-,18-/m1/s1. The van der Waals surface area contributed by atoms with Crippen LogP contribution in [-0.4, -0.2) is 68.4 Å². The molecule has 1 aromatic rings. The van der Waals surface area contributed by atoms with Crippen LogP contribution in [0.1, 0.15) is 46.6 Å². The summed E-state index contributed by atoms with van der Waals surface area (Å²) in [5, 5.41) is 2.65. The second-order valence-corrected chi connectivity index (χ2v) is 10.9. The first-order valence-electron chi connectivity index (χ1n) is 10.7. The number of nitrogens with one attached hydrogen (secondary N) is 1. The summed E-state index contributed by atoms with van der Waals surface area (Å²) < 4.78 is 44.6. The molecule has 1 N–H and O–H groups in total. The predicted octanol–water partition coefficient (Wildman–Crippen LogP) is 3.02. The van der Waals surface area contributed by atoms with Gasteiger partial charge in [0.15, 0.2) is 0 Å². The maximum atomic E-state index is 12.9. The van der Waals surface area contributed by atoms with Gasteiger partial charge in [-0.1, -0.05) is 30.3 Å². The van der Waals surface area contributed by atoms with Crippen LogP contribution in [0.4, 0.5) is 9.59 Å². The molecule has 2 amide bonds. The maximum Gasteiger partial charge on any atom is 0.412 e. The quantitative estimate of drug-likeness (QED) is 0.557. The number of hydrogen-bond acceptors (Lipinski definition) is 8. The fourth-order valence-corrected chi connectivity index (χ4v) is 3.87. The second-order valence-electron chi connectivity index (χ2n) is 9.29. The van der Waals surface area contributed by atoms with Gasteiger partial charge in [-0.05, 0) is 46.6 Å². The van der Waals surface area contributed by atoms with Crippen LogP contribution in [0.15, 0.2) is 30.3 Å². The molecular weight excluding hydrogens is 452 g/mol. The monoisotopic (exact) mass is 486 g/mol. The third kappa shape index (κ3) is 8.82. The topological polar surface area (TPSA) is 120 Å². The molecule has 0 aliphatic carbocycles. The summed E-state index contributed by atoms with van der Waals surface area (Å²) >= 11 is 0. The highest BCUT2D eigenvalue weighted by atomic mass is 32.2. The average Bonchev–Trinajstić information content (AvgIpc) is 2.93. The third-order valence-corrected chi connectivity index (χ3v) is 5.30. The third-order valence-electron chi connectivity index (χ3n) is 4.74. The highest BCUT2D eigenvalue weighted by Crippen LogP contribution is 2.35. The minimum absolute atomic E-state index is 0.126. The first-order chi connectivity index (χ1) is 15.2. The lowest BCUT2D eigenvalue weighted by Crippen LogP contribution is -2.51. The van der Waals surface area contributed by atoms with Gasteiger partial charge in [0.1, 0.15) is 24.0 Å². The first kappa shape index (κ1) is 26.9. The van der Waals surface area contributed by atoms with Crippen molar-refractivity contribution in [2.75, 3.05) is 19.4 Å². The van der Waals surface area contributed by atoms with Crippen LogP contribution in [0.2, 0.25) is 0 Å². The zero-order valence-electron chi connectivity index (χ0n) is 20.0. The van der Waals surface area contributed by atoms with Crippen molar-refractivity contribution in [1.82, 2.24) is 10.2 Å². The van der Waals surface area contributed by atoms with Crippen molar-refractivity contribution in [2.45, 2.75) is 71.1 Å². The highest BCUT2D eigenvalue weighted by molar-refractivity contribution is 7.85. The van der Waals surface area contributed by atoms with Gasteiger partial charge < -0.3 is 19.5 Å². The maximum absolute atomic E-state index is 12.9. The number of amides is 2. The van der Waals surface area contributed by atoms with Crippen LogP contribution < -0.4 is 5.32 Å². The van der Waals surface area contributed by atoms with Crippen molar-refractivity contribution in [3.05, 3.63) is 35.9 Å². The number of alkyl carbamates (subject to hydrolysis) is 1. The van der Waals surface area contributed by atoms with Gasteiger partial charge >= 0.3 is 12.2 Å². The Morgan fingerprint density at radius 1 is 1.18 bits per heavy atom. The number of rotatable bonds is 8. The first-order valence-corrected chi connectivity index (χ1v) is 12.5. The molecule has 0 spiro atoms. The molecule has 0 bridgehead atoms. The summed E-state index contributed by atoms with van der Waals surface area (Å²) in [4.78, 5) is 26.5. The van der Waals surface area contributed by atoms with Gasteiger partial charge in [0.25, 0.3) is 10.1 Å². The summed E-state index contributed by atoms with van der Waals surface area (Å²) in [6.45, 7) is 8.63. The molecule has 1 heterocycles. The van der Waals surface area contributed by atoms with E-state index in [1.165, 1.54) is 4.90 Å². The lowest BCUT2D eigenvalue weighted by Gasteiger charge is -2.35. The number of benzene rings is 1. The lowest BCUT2D eigenvalue weighted by atomic mass is 10.1. The van der Waals surface area contributed by atoms with Crippen LogP contribution >= 0.6 is 0 Å². The summed E-state index contributed by atoms with van der Waals surface area (Å²) in [5.41, 5.74) is -0.960. The van der Waals surface area contributed by atoms with E-state index in [9.17, 15) is 18.0 Å². The van der Waals surface area contributed by atoms with Gasteiger partial charge in [-0.25, -0.2) is 9.59 Å². The van der Waals surface area contributed by atoms with E-state index in [1.54, 1.807) is 34.6 Å². The molecule has 1 aromatic carbocycles. The molecule has 0 unspecified atom stereocenters. The molecule has 1 aliphatic rings. The van der Waals surface area contributed by atoms with Crippen molar-refractivity contribution in [2.24, 2.45) is 0 Å². The zero-order valence-corrected chi connectivity index (χ0v) is 20.8. The Hall–Kier alpha value is -2.37.